The lowest BCUT2D eigenvalue weighted by atomic mass is 10.2. The van der Waals surface area contributed by atoms with Crippen LogP contribution >= 0.6 is 0 Å². The van der Waals surface area contributed by atoms with Gasteiger partial charge in [0, 0.05) is 6.07 Å². The van der Waals surface area contributed by atoms with Gasteiger partial charge in [-0.05, 0) is 18.6 Å². The Morgan fingerprint density at radius 1 is 1.53 bits per heavy atom. The molecule has 3 heteroatoms. The molecule has 0 spiro atoms. The molecule has 0 aromatic heterocycles. The first-order valence-corrected chi connectivity index (χ1v) is 4.78. The lowest BCUT2D eigenvalue weighted by Crippen LogP contribution is -2.15. The topological polar surface area (TPSA) is 35.2 Å². The Bertz CT molecular complexity index is 392. The highest BCUT2D eigenvalue weighted by Gasteiger charge is 2.01. The standard InChI is InChI=1S/C12H14FNO/c1-3-10(14)6-4-9-5-7-11(15-2)8-12(9)13/h5,7-8,10H,3,14H2,1-2H3. The van der Waals surface area contributed by atoms with E-state index in [1.54, 1.807) is 12.1 Å². The van der Waals surface area contributed by atoms with Crippen LogP contribution in [0, 0.1) is 17.7 Å². The fourth-order valence-electron chi connectivity index (χ4n) is 0.997. The van der Waals surface area contributed by atoms with Gasteiger partial charge in [-0.25, -0.2) is 4.39 Å². The van der Waals surface area contributed by atoms with E-state index in [2.05, 4.69) is 11.8 Å². The van der Waals surface area contributed by atoms with E-state index in [0.717, 1.165) is 6.42 Å². The van der Waals surface area contributed by atoms with Crippen LogP contribution in [0.2, 0.25) is 0 Å². The Morgan fingerprint density at radius 2 is 2.27 bits per heavy atom. The van der Waals surface area contributed by atoms with Crippen LogP contribution in [0.3, 0.4) is 0 Å². The lowest BCUT2D eigenvalue weighted by molar-refractivity contribution is 0.411. The SMILES string of the molecule is CCC(N)C#Cc1ccc(OC)cc1F. The van der Waals surface area contributed by atoms with Crippen molar-refractivity contribution in [1.29, 1.82) is 0 Å². The zero-order chi connectivity index (χ0) is 11.3. The second-order valence-electron chi connectivity index (χ2n) is 3.13. The van der Waals surface area contributed by atoms with Crippen LogP contribution in [0.5, 0.6) is 5.75 Å². The molecule has 0 saturated carbocycles. The third kappa shape index (κ3) is 3.26. The summed E-state index contributed by atoms with van der Waals surface area (Å²) >= 11 is 0. The van der Waals surface area contributed by atoms with E-state index in [-0.39, 0.29) is 11.9 Å². The van der Waals surface area contributed by atoms with Gasteiger partial charge in [0.05, 0.1) is 18.7 Å². The monoisotopic (exact) mass is 207 g/mol. The lowest BCUT2D eigenvalue weighted by Gasteiger charge is -2.00. The molecule has 0 aliphatic rings. The normalized spacial score (nSPS) is 11.5. The summed E-state index contributed by atoms with van der Waals surface area (Å²) in [5.41, 5.74) is 5.95. The van der Waals surface area contributed by atoms with Gasteiger partial charge in [0.1, 0.15) is 11.6 Å². The molecule has 0 heterocycles. The molecule has 0 saturated heterocycles. The van der Waals surface area contributed by atoms with Gasteiger partial charge < -0.3 is 10.5 Å². The predicted octanol–water partition coefficient (Wildman–Crippen LogP) is 1.92. The number of benzene rings is 1. The van der Waals surface area contributed by atoms with E-state index in [1.165, 1.54) is 13.2 Å². The molecule has 2 N–H and O–H groups in total. The molecule has 15 heavy (non-hydrogen) atoms. The van der Waals surface area contributed by atoms with Gasteiger partial charge in [0.15, 0.2) is 0 Å². The Balaban J connectivity index is 2.90. The first kappa shape index (κ1) is 11.5. The van der Waals surface area contributed by atoms with Crippen molar-refractivity contribution in [3.05, 3.63) is 29.6 Å². The Kier molecular flexibility index (Phi) is 4.14. The summed E-state index contributed by atoms with van der Waals surface area (Å²) in [5.74, 6) is 5.58. The molecule has 0 bridgehead atoms. The van der Waals surface area contributed by atoms with Gasteiger partial charge in [0.25, 0.3) is 0 Å². The first-order chi connectivity index (χ1) is 7.17. The molecule has 0 radical (unpaired) electrons. The first-order valence-electron chi connectivity index (χ1n) is 4.78. The van der Waals surface area contributed by atoms with Crippen molar-refractivity contribution in [3.63, 3.8) is 0 Å². The minimum Gasteiger partial charge on any atom is -0.497 e. The maximum Gasteiger partial charge on any atom is 0.142 e. The molecular formula is C12H14FNO. The van der Waals surface area contributed by atoms with E-state index >= 15 is 0 Å². The molecule has 80 valence electrons. The molecule has 0 fully saturated rings. The van der Waals surface area contributed by atoms with Crippen molar-refractivity contribution >= 4 is 0 Å². The smallest absolute Gasteiger partial charge is 0.142 e. The highest BCUT2D eigenvalue weighted by molar-refractivity contribution is 5.40. The Morgan fingerprint density at radius 3 is 2.80 bits per heavy atom. The summed E-state index contributed by atoms with van der Waals surface area (Å²) in [5, 5.41) is 0. The number of hydrogen-bond donors (Lipinski definition) is 1. The third-order valence-corrected chi connectivity index (χ3v) is 2.01. The average Bonchev–Trinajstić information content (AvgIpc) is 2.26. The van der Waals surface area contributed by atoms with Crippen LogP contribution in [-0.2, 0) is 0 Å². The van der Waals surface area contributed by atoms with Gasteiger partial charge in [0.2, 0.25) is 0 Å². The average molecular weight is 207 g/mol. The summed E-state index contributed by atoms with van der Waals surface area (Å²) < 4.78 is 18.3. The van der Waals surface area contributed by atoms with Crippen LogP contribution in [-0.4, -0.2) is 13.2 Å². The van der Waals surface area contributed by atoms with Crippen molar-refractivity contribution in [3.8, 4) is 17.6 Å². The minimum absolute atomic E-state index is 0.202. The van der Waals surface area contributed by atoms with Crippen molar-refractivity contribution in [1.82, 2.24) is 0 Å². The highest BCUT2D eigenvalue weighted by Crippen LogP contribution is 2.15. The number of ether oxygens (including phenoxy) is 1. The van der Waals surface area contributed by atoms with E-state index < -0.39 is 0 Å². The zero-order valence-electron chi connectivity index (χ0n) is 8.88. The van der Waals surface area contributed by atoms with E-state index in [4.69, 9.17) is 10.5 Å². The maximum absolute atomic E-state index is 13.4. The number of halogens is 1. The fourth-order valence-corrected chi connectivity index (χ4v) is 0.997. The molecule has 0 aliphatic carbocycles. The summed E-state index contributed by atoms with van der Waals surface area (Å²) in [7, 11) is 1.49. The minimum atomic E-state index is -0.384. The molecule has 1 rings (SSSR count). The fraction of sp³-hybridized carbons (Fsp3) is 0.333. The molecule has 0 aliphatic heterocycles. The van der Waals surface area contributed by atoms with Crippen LogP contribution in [0.15, 0.2) is 18.2 Å². The largest absolute Gasteiger partial charge is 0.497 e. The van der Waals surface area contributed by atoms with Gasteiger partial charge in [-0.3, -0.25) is 0 Å². The molecular weight excluding hydrogens is 193 g/mol. The number of methoxy groups -OCH3 is 1. The molecule has 2 nitrogen and oxygen atoms in total. The molecule has 1 aromatic rings. The highest BCUT2D eigenvalue weighted by atomic mass is 19.1. The number of hydrogen-bond acceptors (Lipinski definition) is 2. The van der Waals surface area contributed by atoms with Gasteiger partial charge in [-0.1, -0.05) is 18.8 Å². The molecule has 1 atom stereocenters. The van der Waals surface area contributed by atoms with E-state index in [1.807, 2.05) is 6.92 Å². The summed E-state index contributed by atoms with van der Waals surface area (Å²) in [4.78, 5) is 0. The molecule has 1 unspecified atom stereocenters. The Hall–Kier alpha value is -1.53. The molecule has 0 amide bonds. The van der Waals surface area contributed by atoms with Gasteiger partial charge in [-0.15, -0.1) is 0 Å². The summed E-state index contributed by atoms with van der Waals surface area (Å²) in [6, 6.07) is 4.36. The molecule has 1 aromatic carbocycles. The summed E-state index contributed by atoms with van der Waals surface area (Å²) in [6.45, 7) is 1.93. The second-order valence-corrected chi connectivity index (χ2v) is 3.13. The van der Waals surface area contributed by atoms with E-state index in [0.29, 0.717) is 11.3 Å². The van der Waals surface area contributed by atoms with Crippen molar-refractivity contribution in [2.75, 3.05) is 7.11 Å². The third-order valence-electron chi connectivity index (χ3n) is 2.01. The predicted molar refractivity (Wildman–Crippen MR) is 58.1 cm³/mol. The maximum atomic E-state index is 13.4. The van der Waals surface area contributed by atoms with Crippen molar-refractivity contribution in [2.24, 2.45) is 5.73 Å². The van der Waals surface area contributed by atoms with E-state index in [9.17, 15) is 4.39 Å². The summed E-state index contributed by atoms with van der Waals surface area (Å²) in [6.07, 6.45) is 0.755. The van der Waals surface area contributed by atoms with Gasteiger partial charge in [-0.2, -0.15) is 0 Å². The van der Waals surface area contributed by atoms with Crippen LogP contribution in [0.4, 0.5) is 4.39 Å². The quantitative estimate of drug-likeness (QED) is 0.752. The van der Waals surface area contributed by atoms with Crippen molar-refractivity contribution < 1.29 is 9.13 Å². The Labute approximate surface area is 89.2 Å². The zero-order valence-corrected chi connectivity index (χ0v) is 8.88. The van der Waals surface area contributed by atoms with Crippen molar-refractivity contribution in [2.45, 2.75) is 19.4 Å². The van der Waals surface area contributed by atoms with Crippen LogP contribution in [0.1, 0.15) is 18.9 Å². The number of nitrogens with two attached hydrogens (primary N) is 1. The van der Waals surface area contributed by atoms with Crippen LogP contribution < -0.4 is 10.5 Å². The van der Waals surface area contributed by atoms with Crippen LogP contribution in [0.25, 0.3) is 0 Å². The van der Waals surface area contributed by atoms with Gasteiger partial charge >= 0.3 is 0 Å². The number of rotatable bonds is 2. The second kappa shape index (κ2) is 5.38.